The maximum Gasteiger partial charge on any atom is 0.270 e. The summed E-state index contributed by atoms with van der Waals surface area (Å²) >= 11 is 5.84. The number of benzene rings is 1. The fraction of sp³-hybridized carbons (Fsp3) is 0.167. The molecule has 1 amide bonds. The fourth-order valence-electron chi connectivity index (χ4n) is 3.27. The lowest BCUT2D eigenvalue weighted by Gasteiger charge is -2.18. The monoisotopic (exact) mass is 466 g/mol. The molecule has 9 heteroatoms. The van der Waals surface area contributed by atoms with Gasteiger partial charge in [-0.25, -0.2) is 9.37 Å². The predicted octanol–water partition coefficient (Wildman–Crippen LogP) is 2.46. The van der Waals surface area contributed by atoms with Crippen molar-refractivity contribution in [2.45, 2.75) is 13.0 Å². The van der Waals surface area contributed by atoms with E-state index < -0.39 is 17.8 Å². The molecule has 0 radical (unpaired) electrons. The maximum absolute atomic E-state index is 14.1. The van der Waals surface area contributed by atoms with Crippen molar-refractivity contribution in [3.05, 3.63) is 92.7 Å². The van der Waals surface area contributed by atoms with E-state index in [1.54, 1.807) is 61.5 Å². The van der Waals surface area contributed by atoms with Gasteiger partial charge in [-0.1, -0.05) is 29.8 Å². The van der Waals surface area contributed by atoms with Crippen molar-refractivity contribution in [1.29, 1.82) is 5.41 Å². The molecule has 0 aliphatic rings. The van der Waals surface area contributed by atoms with E-state index in [1.807, 2.05) is 13.0 Å². The molecule has 0 bridgehead atoms. The lowest BCUT2D eigenvalue weighted by atomic mass is 10.0. The molecule has 7 nitrogen and oxygen atoms in total. The minimum atomic E-state index is -0.647. The first-order valence-electron chi connectivity index (χ1n) is 10.1. The summed E-state index contributed by atoms with van der Waals surface area (Å²) in [4.78, 5) is 17.6. The zero-order valence-corrected chi connectivity index (χ0v) is 19.2. The van der Waals surface area contributed by atoms with Crippen LogP contribution in [0.3, 0.4) is 0 Å². The SMILES string of the molecule is C/C=c1/nc(C(=O)N[C@@H](c2ccc(Cl)c(F)c2)c2cnn(C)c2)ccc1=CC(=CC=N)NC. The number of carbonyl (C=O) groups is 1. The Labute approximate surface area is 195 Å². The molecular formula is C24H24ClFN6O. The van der Waals surface area contributed by atoms with Crippen LogP contribution >= 0.6 is 11.6 Å². The van der Waals surface area contributed by atoms with Crippen LogP contribution in [0.15, 0.2) is 54.5 Å². The third-order valence-electron chi connectivity index (χ3n) is 4.94. The van der Waals surface area contributed by atoms with E-state index >= 15 is 0 Å². The van der Waals surface area contributed by atoms with Gasteiger partial charge in [-0.05, 0) is 42.8 Å². The average molecular weight is 467 g/mol. The van der Waals surface area contributed by atoms with Gasteiger partial charge >= 0.3 is 0 Å². The van der Waals surface area contributed by atoms with Crippen molar-refractivity contribution in [1.82, 2.24) is 25.4 Å². The molecule has 0 spiro atoms. The van der Waals surface area contributed by atoms with Crippen molar-refractivity contribution in [3.63, 3.8) is 0 Å². The zero-order valence-electron chi connectivity index (χ0n) is 18.4. The second kappa shape index (κ2) is 10.7. The number of allylic oxidation sites excluding steroid dienone is 2. The van der Waals surface area contributed by atoms with Gasteiger partial charge in [0.25, 0.3) is 5.91 Å². The highest BCUT2D eigenvalue weighted by Crippen LogP contribution is 2.25. The van der Waals surface area contributed by atoms with Crippen molar-refractivity contribution in [2.24, 2.45) is 7.05 Å². The highest BCUT2D eigenvalue weighted by Gasteiger charge is 2.21. The Morgan fingerprint density at radius 2 is 2.06 bits per heavy atom. The Hall–Kier alpha value is -3.78. The highest BCUT2D eigenvalue weighted by atomic mass is 35.5. The number of carbonyl (C=O) groups excluding carboxylic acids is 1. The topological polar surface area (TPSA) is 95.7 Å². The van der Waals surface area contributed by atoms with E-state index in [1.165, 1.54) is 18.3 Å². The summed E-state index contributed by atoms with van der Waals surface area (Å²) in [6.07, 6.45) is 9.80. The van der Waals surface area contributed by atoms with E-state index in [0.717, 1.165) is 10.9 Å². The Morgan fingerprint density at radius 1 is 1.27 bits per heavy atom. The van der Waals surface area contributed by atoms with E-state index in [-0.39, 0.29) is 10.7 Å². The lowest BCUT2D eigenvalue weighted by molar-refractivity contribution is 0.0937. The van der Waals surface area contributed by atoms with Gasteiger partial charge in [-0.3, -0.25) is 9.48 Å². The maximum atomic E-state index is 14.1. The summed E-state index contributed by atoms with van der Waals surface area (Å²) in [5, 5.41) is 18.8. The van der Waals surface area contributed by atoms with Crippen LogP contribution in [-0.4, -0.2) is 33.9 Å². The summed E-state index contributed by atoms with van der Waals surface area (Å²) in [5.74, 6) is -0.991. The minimum Gasteiger partial charge on any atom is -0.388 e. The van der Waals surface area contributed by atoms with Gasteiger partial charge in [-0.2, -0.15) is 5.10 Å². The molecule has 3 aromatic rings. The molecule has 0 aliphatic heterocycles. The molecule has 2 heterocycles. The van der Waals surface area contributed by atoms with Crippen LogP contribution < -0.4 is 21.2 Å². The Bertz CT molecular complexity index is 1330. The average Bonchev–Trinajstić information content (AvgIpc) is 3.24. The van der Waals surface area contributed by atoms with Crippen LogP contribution in [0, 0.1) is 11.2 Å². The van der Waals surface area contributed by atoms with Crippen LogP contribution in [0.25, 0.3) is 12.2 Å². The Balaban J connectivity index is 1.99. The van der Waals surface area contributed by atoms with Crippen molar-refractivity contribution < 1.29 is 9.18 Å². The van der Waals surface area contributed by atoms with Crippen molar-refractivity contribution >= 4 is 35.9 Å². The van der Waals surface area contributed by atoms with E-state index in [0.29, 0.717) is 16.5 Å². The standard InChI is InChI=1S/C24H24ClFN6O/c1-4-21-15(11-18(28-2)9-10-27)6-8-22(30-21)24(33)31-23(17-13-29-32(3)14-17)16-5-7-19(25)20(26)12-16/h4-14,23,27-28H,1-3H3,(H,31,33)/b15-11?,18-9?,21-4+,27-10?/t23-/m0/s1. The van der Waals surface area contributed by atoms with Gasteiger partial charge in [0.1, 0.15) is 11.5 Å². The molecule has 3 N–H and O–H groups in total. The molecule has 0 saturated carbocycles. The highest BCUT2D eigenvalue weighted by molar-refractivity contribution is 6.30. The van der Waals surface area contributed by atoms with Crippen LogP contribution in [0.1, 0.15) is 34.6 Å². The van der Waals surface area contributed by atoms with Crippen LogP contribution in [0.4, 0.5) is 4.39 Å². The van der Waals surface area contributed by atoms with Gasteiger partial charge in [-0.15, -0.1) is 0 Å². The number of aryl methyl sites for hydroxylation is 1. The molecular weight excluding hydrogens is 443 g/mol. The van der Waals surface area contributed by atoms with Crippen molar-refractivity contribution in [3.8, 4) is 0 Å². The van der Waals surface area contributed by atoms with Gasteiger partial charge in [0.2, 0.25) is 0 Å². The normalized spacial score (nSPS) is 13.7. The van der Waals surface area contributed by atoms with Gasteiger partial charge < -0.3 is 16.0 Å². The molecule has 33 heavy (non-hydrogen) atoms. The third kappa shape index (κ3) is 5.72. The molecule has 1 atom stereocenters. The van der Waals surface area contributed by atoms with Crippen LogP contribution in [0.5, 0.6) is 0 Å². The number of rotatable bonds is 7. The second-order valence-electron chi connectivity index (χ2n) is 7.17. The van der Waals surface area contributed by atoms with Gasteiger partial charge in [0, 0.05) is 43.0 Å². The lowest BCUT2D eigenvalue weighted by Crippen LogP contribution is -2.35. The smallest absolute Gasteiger partial charge is 0.270 e. The van der Waals surface area contributed by atoms with E-state index in [2.05, 4.69) is 20.7 Å². The zero-order chi connectivity index (χ0) is 24.0. The number of pyridine rings is 1. The molecule has 0 fully saturated rings. The third-order valence-corrected chi connectivity index (χ3v) is 5.24. The summed E-state index contributed by atoms with van der Waals surface area (Å²) in [6.45, 7) is 1.83. The first-order valence-corrected chi connectivity index (χ1v) is 10.5. The predicted molar refractivity (Wildman–Crippen MR) is 128 cm³/mol. The second-order valence-corrected chi connectivity index (χ2v) is 7.58. The number of nitrogens with one attached hydrogen (secondary N) is 3. The van der Waals surface area contributed by atoms with E-state index in [4.69, 9.17) is 17.0 Å². The summed E-state index contributed by atoms with van der Waals surface area (Å²) in [6, 6.07) is 7.17. The molecule has 170 valence electrons. The summed E-state index contributed by atoms with van der Waals surface area (Å²) < 4.78 is 15.7. The molecule has 0 aliphatic carbocycles. The number of hydrogen-bond acceptors (Lipinski definition) is 5. The van der Waals surface area contributed by atoms with Crippen LogP contribution in [-0.2, 0) is 7.05 Å². The number of nitrogens with zero attached hydrogens (tertiary/aromatic N) is 3. The van der Waals surface area contributed by atoms with Crippen LogP contribution in [0.2, 0.25) is 5.02 Å². The Kier molecular flexibility index (Phi) is 7.74. The number of hydrogen-bond donors (Lipinski definition) is 3. The molecule has 0 saturated heterocycles. The summed E-state index contributed by atoms with van der Waals surface area (Å²) in [7, 11) is 3.52. The first-order chi connectivity index (χ1) is 15.9. The number of aromatic nitrogens is 3. The van der Waals surface area contributed by atoms with Gasteiger partial charge in [0.15, 0.2) is 0 Å². The molecule has 3 rings (SSSR count). The van der Waals surface area contributed by atoms with Gasteiger partial charge in [0.05, 0.1) is 22.6 Å². The summed E-state index contributed by atoms with van der Waals surface area (Å²) in [5.41, 5.74) is 2.16. The molecule has 1 aromatic carbocycles. The minimum absolute atomic E-state index is 0.00430. The Morgan fingerprint density at radius 3 is 2.67 bits per heavy atom. The molecule has 0 unspecified atom stereocenters. The first kappa shape index (κ1) is 23.9. The fourth-order valence-corrected chi connectivity index (χ4v) is 3.39. The van der Waals surface area contributed by atoms with E-state index in [9.17, 15) is 9.18 Å². The quantitative estimate of drug-likeness (QED) is 0.466. The largest absolute Gasteiger partial charge is 0.388 e. The van der Waals surface area contributed by atoms with Crippen molar-refractivity contribution in [2.75, 3.05) is 7.05 Å². The number of halogens is 2. The molecule has 2 aromatic heterocycles. The number of amides is 1.